The quantitative estimate of drug-likeness (QED) is 0.157. The van der Waals surface area contributed by atoms with E-state index in [4.69, 9.17) is 16.3 Å². The van der Waals surface area contributed by atoms with Crippen LogP contribution in [-0.4, -0.2) is 70.5 Å². The average Bonchev–Trinajstić information content (AvgIpc) is 3.55. The normalized spacial score (nSPS) is 13.1. The van der Waals surface area contributed by atoms with Gasteiger partial charge in [-0.3, -0.25) is 14.3 Å². The molecule has 0 aliphatic carbocycles. The highest BCUT2D eigenvalue weighted by Crippen LogP contribution is 2.33. The molecule has 51 heavy (non-hydrogen) atoms. The predicted molar refractivity (Wildman–Crippen MR) is 173 cm³/mol. The summed E-state index contributed by atoms with van der Waals surface area (Å²) in [6, 6.07) is 4.61. The fraction of sp³-hybridized carbons (Fsp3) is 0.333. The van der Waals surface area contributed by atoms with Crippen LogP contribution >= 0.6 is 34.7 Å². The third-order valence-corrected chi connectivity index (χ3v) is 10.3. The molecule has 0 unspecified atom stereocenters. The fourth-order valence-electron chi connectivity index (χ4n) is 4.25. The molecule has 0 saturated heterocycles. The van der Waals surface area contributed by atoms with Crippen molar-refractivity contribution in [3.05, 3.63) is 72.2 Å². The van der Waals surface area contributed by atoms with Crippen LogP contribution in [-0.2, 0) is 39.7 Å². The zero-order valence-corrected chi connectivity index (χ0v) is 29.7. The van der Waals surface area contributed by atoms with Crippen LogP contribution in [0.2, 0.25) is 5.02 Å². The van der Waals surface area contributed by atoms with Crippen LogP contribution in [0.1, 0.15) is 12.8 Å². The molecule has 0 fully saturated rings. The van der Waals surface area contributed by atoms with Crippen molar-refractivity contribution >= 4 is 62.4 Å². The third kappa shape index (κ3) is 9.59. The van der Waals surface area contributed by atoms with Gasteiger partial charge in [0, 0.05) is 25.0 Å². The number of para-hydroxylation sites is 1. The number of carbonyl (C=O) groups is 2. The maximum absolute atomic E-state index is 14.3. The number of fused-ring (bicyclic) bond motifs is 1. The Morgan fingerprint density at radius 3 is 2.41 bits per heavy atom. The Bertz CT molecular complexity index is 2250. The van der Waals surface area contributed by atoms with Crippen molar-refractivity contribution in [2.45, 2.75) is 42.1 Å². The van der Waals surface area contributed by atoms with Gasteiger partial charge in [0.2, 0.25) is 4.80 Å². The van der Waals surface area contributed by atoms with E-state index < -0.39 is 50.5 Å². The molecule has 0 saturated carbocycles. The number of nitrogens with one attached hydrogen (secondary N) is 1. The maximum Gasteiger partial charge on any atom is 0.573 e. The highest BCUT2D eigenvalue weighted by Gasteiger charge is 2.34. The summed E-state index contributed by atoms with van der Waals surface area (Å²) in [5, 5.41) is 3.64. The van der Waals surface area contributed by atoms with E-state index in [2.05, 4.69) is 19.6 Å². The Kier molecular flexibility index (Phi) is 12.4. The first kappa shape index (κ1) is 39.2. The molecule has 0 bridgehead atoms. The SMILES string of the molecule is COC(=O)CSc1cc(N=c2sc(=O)n3n2CCCC3)c(F)cc1Cl.COc1nn(C(=O)NS(=O)(=O)c2ccccc2OC(F)(F)F)c(=O)n1C. The lowest BCUT2D eigenvalue weighted by atomic mass is 10.3. The topological polar surface area (TPSA) is 187 Å². The number of sulfonamides is 1. The summed E-state index contributed by atoms with van der Waals surface area (Å²) in [6.07, 6.45) is -3.26. The molecule has 1 N–H and O–H groups in total. The summed E-state index contributed by atoms with van der Waals surface area (Å²) in [6.45, 7) is 1.32. The summed E-state index contributed by atoms with van der Waals surface area (Å²) in [7, 11) is -1.15. The molecular formula is C27H26ClF4N7O9S3. The van der Waals surface area contributed by atoms with Crippen molar-refractivity contribution in [2.24, 2.45) is 12.0 Å². The number of benzene rings is 2. The monoisotopic (exact) mass is 799 g/mol. The molecule has 2 aromatic heterocycles. The van der Waals surface area contributed by atoms with Gasteiger partial charge in [-0.05, 0) is 48.4 Å². The smallest absolute Gasteiger partial charge is 0.468 e. The lowest BCUT2D eigenvalue weighted by molar-refractivity contribution is -0.275. The first-order chi connectivity index (χ1) is 23.9. The van der Waals surface area contributed by atoms with Crippen LogP contribution in [0.15, 0.2) is 60.8 Å². The van der Waals surface area contributed by atoms with Gasteiger partial charge < -0.3 is 14.2 Å². The zero-order chi connectivity index (χ0) is 37.7. The molecule has 0 radical (unpaired) electrons. The van der Waals surface area contributed by atoms with Gasteiger partial charge in [0.15, 0.2) is 0 Å². The number of hydrogen-bond acceptors (Lipinski definition) is 13. The number of ether oxygens (including phenoxy) is 3. The van der Waals surface area contributed by atoms with E-state index in [-0.39, 0.29) is 32.0 Å². The minimum atomic E-state index is -5.15. The van der Waals surface area contributed by atoms with Crippen molar-refractivity contribution in [3.63, 3.8) is 0 Å². The Hall–Kier alpha value is -4.61. The lowest BCUT2D eigenvalue weighted by Gasteiger charge is -2.15. The standard InChI is InChI=1S/C15H15ClFN3O3S2.C12H11F3N4O6S/c1-23-13(21)8-24-12-7-11(10(17)6-9(12)16)18-14-19-4-2-3-5-20(19)15(22)25-14;1-18-10(24-2)16-19(11(18)21)9(20)17-26(22,23)8-6-4-3-5-7(8)25-12(13,14)15/h6-7H,2-5,8H2,1H3;3-6H,1-2H3,(H,17,20). The Morgan fingerprint density at radius 2 is 1.78 bits per heavy atom. The largest absolute Gasteiger partial charge is 0.573 e. The Balaban J connectivity index is 0.000000229. The number of rotatable bonds is 8. The van der Waals surface area contributed by atoms with Crippen LogP contribution in [0.25, 0.3) is 0 Å². The summed E-state index contributed by atoms with van der Waals surface area (Å²) >= 11 is 8.17. The molecule has 1 aliphatic rings. The van der Waals surface area contributed by atoms with Crippen molar-refractivity contribution in [3.8, 4) is 11.8 Å². The molecule has 5 rings (SSSR count). The van der Waals surface area contributed by atoms with Gasteiger partial charge in [-0.1, -0.05) is 23.7 Å². The van der Waals surface area contributed by atoms with E-state index in [0.717, 1.165) is 77.9 Å². The van der Waals surface area contributed by atoms with E-state index >= 15 is 0 Å². The number of nitrogens with zero attached hydrogens (tertiary/aromatic N) is 6. The van der Waals surface area contributed by atoms with E-state index in [1.165, 1.54) is 24.9 Å². The van der Waals surface area contributed by atoms with E-state index in [9.17, 15) is 45.2 Å². The number of thioether (sulfide) groups is 1. The number of hydrogen-bond donors (Lipinski definition) is 1. The summed E-state index contributed by atoms with van der Waals surface area (Å²) < 4.78 is 94.6. The van der Waals surface area contributed by atoms with Gasteiger partial charge in [0.25, 0.3) is 10.0 Å². The van der Waals surface area contributed by atoms with E-state index in [1.807, 2.05) is 0 Å². The molecule has 24 heteroatoms. The lowest BCUT2D eigenvalue weighted by Crippen LogP contribution is -2.40. The van der Waals surface area contributed by atoms with Crippen LogP contribution in [0.3, 0.4) is 0 Å². The number of methoxy groups -OCH3 is 2. The number of carbonyl (C=O) groups excluding carboxylic acids is 2. The van der Waals surface area contributed by atoms with Crippen molar-refractivity contribution < 1.29 is 49.8 Å². The molecule has 16 nitrogen and oxygen atoms in total. The molecule has 1 aliphatic heterocycles. The van der Waals surface area contributed by atoms with Crippen LogP contribution in [0.5, 0.6) is 11.8 Å². The summed E-state index contributed by atoms with van der Waals surface area (Å²) in [5.41, 5.74) is -0.950. The summed E-state index contributed by atoms with van der Waals surface area (Å²) in [5.74, 6) is -1.97. The second kappa shape index (κ2) is 16.2. The highest BCUT2D eigenvalue weighted by atomic mass is 35.5. The van der Waals surface area contributed by atoms with Crippen molar-refractivity contribution in [1.29, 1.82) is 0 Å². The maximum atomic E-state index is 14.3. The average molecular weight is 800 g/mol. The van der Waals surface area contributed by atoms with Crippen LogP contribution in [0.4, 0.5) is 28.0 Å². The Labute approximate surface area is 297 Å². The number of aromatic nitrogens is 5. The van der Waals surface area contributed by atoms with Gasteiger partial charge >= 0.3 is 34.9 Å². The summed E-state index contributed by atoms with van der Waals surface area (Å²) in [4.78, 5) is 51.4. The van der Waals surface area contributed by atoms with Gasteiger partial charge in [-0.25, -0.2) is 41.4 Å². The molecule has 3 heterocycles. The van der Waals surface area contributed by atoms with Gasteiger partial charge in [-0.2, -0.15) is 0 Å². The fourth-order valence-corrected chi connectivity index (χ4v) is 7.30. The van der Waals surface area contributed by atoms with Gasteiger partial charge in [0.05, 0.1) is 25.0 Å². The molecule has 1 amide bonds. The number of esters is 1. The zero-order valence-electron chi connectivity index (χ0n) is 26.5. The molecular weight excluding hydrogens is 774 g/mol. The van der Waals surface area contributed by atoms with E-state index in [1.54, 1.807) is 9.36 Å². The molecule has 4 aromatic rings. The second-order valence-corrected chi connectivity index (χ2v) is 14.0. The molecule has 0 spiro atoms. The van der Waals surface area contributed by atoms with E-state index in [0.29, 0.717) is 22.8 Å². The number of amides is 1. The van der Waals surface area contributed by atoms with Crippen LogP contribution in [0, 0.1) is 5.82 Å². The first-order valence-corrected chi connectivity index (χ1v) is 17.8. The Morgan fingerprint density at radius 1 is 1.12 bits per heavy atom. The molecule has 0 atom stereocenters. The number of alkyl halides is 3. The minimum absolute atomic E-state index is 0.0605. The second-order valence-electron chi connectivity index (χ2n) is 9.96. The van der Waals surface area contributed by atoms with Crippen molar-refractivity contribution in [1.82, 2.24) is 28.4 Å². The first-order valence-electron chi connectivity index (χ1n) is 14.1. The molecule has 2 aromatic carbocycles. The number of halogens is 5. The minimum Gasteiger partial charge on any atom is -0.468 e. The molecule has 276 valence electrons. The third-order valence-electron chi connectivity index (χ3n) is 6.58. The van der Waals surface area contributed by atoms with Crippen molar-refractivity contribution in [2.75, 3.05) is 20.0 Å². The van der Waals surface area contributed by atoms with Gasteiger partial charge in [0.1, 0.15) is 22.1 Å². The van der Waals surface area contributed by atoms with Gasteiger partial charge in [-0.15, -0.1) is 34.7 Å². The van der Waals surface area contributed by atoms with Crippen LogP contribution < -0.4 is 29.6 Å². The highest BCUT2D eigenvalue weighted by molar-refractivity contribution is 8.00. The predicted octanol–water partition coefficient (Wildman–Crippen LogP) is 3.23.